The number of nitrogens with one attached hydrogen (secondary N) is 3. The lowest BCUT2D eigenvalue weighted by Crippen LogP contribution is -2.36. The van der Waals surface area contributed by atoms with Gasteiger partial charge in [-0.15, -0.1) is 0 Å². The van der Waals surface area contributed by atoms with Crippen LogP contribution in [-0.4, -0.2) is 54.6 Å². The zero-order chi connectivity index (χ0) is 26.2. The molecule has 3 heterocycles. The Morgan fingerprint density at radius 3 is 2.57 bits per heavy atom. The molecule has 0 bridgehead atoms. The number of hydrogen-bond acceptors (Lipinski definition) is 6. The molecule has 1 amide bonds. The summed E-state index contributed by atoms with van der Waals surface area (Å²) in [6, 6.07) is 6.39. The highest BCUT2D eigenvalue weighted by molar-refractivity contribution is 7.89. The number of aromatic amines is 1. The van der Waals surface area contributed by atoms with Crippen LogP contribution in [0.25, 0.3) is 0 Å². The Balaban J connectivity index is 1.38. The first kappa shape index (κ1) is 25.2. The van der Waals surface area contributed by atoms with Gasteiger partial charge in [0.25, 0.3) is 5.91 Å². The second-order valence-corrected chi connectivity index (χ2v) is 10.8. The van der Waals surface area contributed by atoms with E-state index in [0.717, 1.165) is 16.4 Å². The van der Waals surface area contributed by atoms with Crippen molar-refractivity contribution in [3.05, 3.63) is 70.7 Å². The summed E-state index contributed by atoms with van der Waals surface area (Å²) in [6.07, 6.45) is 1.65. The third-order valence-corrected chi connectivity index (χ3v) is 8.25. The van der Waals surface area contributed by atoms with Gasteiger partial charge in [-0.1, -0.05) is 6.07 Å². The first-order valence-electron chi connectivity index (χ1n) is 11.7. The fourth-order valence-electron chi connectivity index (χ4n) is 4.51. The summed E-state index contributed by atoms with van der Waals surface area (Å²) in [5.41, 5.74) is 1.11. The monoisotopic (exact) mass is 535 g/mol. The number of sulfonamides is 1. The number of H-pyrrole nitrogens is 1. The Morgan fingerprint density at radius 2 is 1.84 bits per heavy atom. The van der Waals surface area contributed by atoms with Gasteiger partial charge in [-0.2, -0.15) is 9.40 Å². The maximum Gasteiger partial charge on any atom is 0.261 e. The summed E-state index contributed by atoms with van der Waals surface area (Å²) in [5, 5.41) is 12.7. The van der Waals surface area contributed by atoms with Crippen LogP contribution in [-0.2, 0) is 27.7 Å². The molecule has 0 aliphatic carbocycles. The molecule has 1 aromatic heterocycles. The number of rotatable bonds is 6. The van der Waals surface area contributed by atoms with E-state index in [1.807, 2.05) is 0 Å². The van der Waals surface area contributed by atoms with E-state index in [2.05, 4.69) is 20.8 Å². The normalized spacial score (nSPS) is 16.8. The lowest BCUT2D eigenvalue weighted by molar-refractivity contribution is 0.0904. The van der Waals surface area contributed by atoms with Gasteiger partial charge in [0.2, 0.25) is 10.0 Å². The van der Waals surface area contributed by atoms with E-state index >= 15 is 0 Å². The molecule has 3 N–H and O–H groups in total. The number of hydrogen-bond donors (Lipinski definition) is 3. The largest absolute Gasteiger partial charge is 0.381 e. The molecule has 1 saturated heterocycles. The van der Waals surface area contributed by atoms with Crippen LogP contribution in [0.1, 0.15) is 34.5 Å². The molecule has 5 rings (SSSR count). The second-order valence-electron chi connectivity index (χ2n) is 8.87. The quantitative estimate of drug-likeness (QED) is 0.446. The van der Waals surface area contributed by atoms with Crippen molar-refractivity contribution in [3.8, 4) is 0 Å². The topological polar surface area (TPSA) is 116 Å². The molecule has 0 atom stereocenters. The molecule has 37 heavy (non-hydrogen) atoms. The number of fused-ring (bicyclic) bond motifs is 1. The number of carbonyl (C=O) groups is 1. The average molecular weight is 536 g/mol. The van der Waals surface area contributed by atoms with E-state index in [9.17, 15) is 26.4 Å². The van der Waals surface area contributed by atoms with Gasteiger partial charge >= 0.3 is 0 Å². The highest BCUT2D eigenvalue weighted by atomic mass is 32.2. The molecular weight excluding hydrogens is 511 g/mol. The summed E-state index contributed by atoms with van der Waals surface area (Å²) in [4.78, 5) is 12.7. The van der Waals surface area contributed by atoms with Crippen molar-refractivity contribution in [3.63, 3.8) is 0 Å². The van der Waals surface area contributed by atoms with E-state index in [1.165, 1.54) is 12.1 Å². The number of anilines is 2. The molecule has 0 saturated carbocycles. The average Bonchev–Trinajstić information content (AvgIpc) is 3.26. The minimum absolute atomic E-state index is 0.0201. The number of halogens is 3. The molecule has 2 aromatic carbocycles. The van der Waals surface area contributed by atoms with E-state index in [0.29, 0.717) is 49.1 Å². The minimum atomic E-state index is -4.24. The number of carbonyl (C=O) groups excluding carboxylic acids is 1. The van der Waals surface area contributed by atoms with Gasteiger partial charge in [0, 0.05) is 56.1 Å². The van der Waals surface area contributed by atoms with E-state index in [-0.39, 0.29) is 36.9 Å². The minimum Gasteiger partial charge on any atom is -0.381 e. The fraction of sp³-hybridized carbons (Fsp3) is 0.333. The number of benzene rings is 2. The molecular formula is C24H24F3N5O4S. The van der Waals surface area contributed by atoms with Crippen molar-refractivity contribution in [1.82, 2.24) is 14.5 Å². The van der Waals surface area contributed by atoms with Gasteiger partial charge in [-0.3, -0.25) is 9.89 Å². The van der Waals surface area contributed by atoms with Gasteiger partial charge in [-0.25, -0.2) is 21.6 Å². The molecule has 0 unspecified atom stereocenters. The van der Waals surface area contributed by atoms with E-state index in [1.54, 1.807) is 6.07 Å². The summed E-state index contributed by atoms with van der Waals surface area (Å²) in [5.74, 6) is -3.46. The van der Waals surface area contributed by atoms with Crippen LogP contribution in [0.15, 0.2) is 41.3 Å². The Morgan fingerprint density at radius 1 is 1.11 bits per heavy atom. The van der Waals surface area contributed by atoms with Crippen molar-refractivity contribution in [2.24, 2.45) is 0 Å². The summed E-state index contributed by atoms with van der Waals surface area (Å²) >= 11 is 0. The smallest absolute Gasteiger partial charge is 0.261 e. The number of nitrogens with zero attached hydrogens (tertiary/aromatic N) is 2. The van der Waals surface area contributed by atoms with Crippen molar-refractivity contribution in [2.45, 2.75) is 36.7 Å². The molecule has 0 spiro atoms. The SMILES string of the molecule is O=C(Nc1n[nH]c2c1CN(S(=O)(=O)c1cc(F)cc(F)c1)CC2)c1c(F)cccc1NC1CCOCC1. The molecule has 196 valence electrons. The molecule has 2 aliphatic rings. The molecule has 13 heteroatoms. The summed E-state index contributed by atoms with van der Waals surface area (Å²) in [6.45, 7) is 0.965. The van der Waals surface area contributed by atoms with Crippen LogP contribution < -0.4 is 10.6 Å². The van der Waals surface area contributed by atoms with Crippen LogP contribution in [0.3, 0.4) is 0 Å². The highest BCUT2D eigenvalue weighted by Crippen LogP contribution is 2.30. The van der Waals surface area contributed by atoms with E-state index < -0.39 is 38.3 Å². The predicted octanol–water partition coefficient (Wildman–Crippen LogP) is 3.42. The first-order valence-corrected chi connectivity index (χ1v) is 13.1. The van der Waals surface area contributed by atoms with Crippen molar-refractivity contribution in [1.29, 1.82) is 0 Å². The standard InChI is InChI=1S/C24H24F3N5O4S/c25-14-10-15(26)12-17(11-14)37(34,35)32-7-4-20-18(13-32)23(31-30-20)29-24(33)22-19(27)2-1-3-21(22)28-16-5-8-36-9-6-16/h1-3,10-12,16,28H,4-9,13H2,(H2,29,30,31,33). The van der Waals surface area contributed by atoms with Gasteiger partial charge in [-0.05, 0) is 37.1 Å². The Hall–Kier alpha value is -3.42. The van der Waals surface area contributed by atoms with Gasteiger partial charge in [0.1, 0.15) is 17.5 Å². The van der Waals surface area contributed by atoms with Crippen LogP contribution >= 0.6 is 0 Å². The number of ether oxygens (including phenoxy) is 1. The highest BCUT2D eigenvalue weighted by Gasteiger charge is 2.32. The fourth-order valence-corrected chi connectivity index (χ4v) is 5.96. The maximum atomic E-state index is 14.8. The van der Waals surface area contributed by atoms with E-state index in [4.69, 9.17) is 4.74 Å². The predicted molar refractivity (Wildman–Crippen MR) is 128 cm³/mol. The van der Waals surface area contributed by atoms with Crippen LogP contribution in [0, 0.1) is 17.5 Å². The Kier molecular flexibility index (Phi) is 6.92. The maximum absolute atomic E-state index is 14.8. The zero-order valence-corrected chi connectivity index (χ0v) is 20.4. The third-order valence-electron chi connectivity index (χ3n) is 6.43. The van der Waals surface area contributed by atoms with Crippen molar-refractivity contribution >= 4 is 27.4 Å². The second kappa shape index (κ2) is 10.1. The Bertz CT molecular complexity index is 1420. The van der Waals surface area contributed by atoms with Crippen LogP contribution in [0.5, 0.6) is 0 Å². The molecule has 1 fully saturated rings. The number of amides is 1. The summed E-state index contributed by atoms with van der Waals surface area (Å²) in [7, 11) is -4.24. The van der Waals surface area contributed by atoms with Gasteiger partial charge in [0.05, 0.1) is 16.1 Å². The molecule has 0 radical (unpaired) electrons. The molecule has 3 aromatic rings. The zero-order valence-electron chi connectivity index (χ0n) is 19.6. The first-order chi connectivity index (χ1) is 17.7. The Labute approximate surface area is 211 Å². The molecule has 2 aliphatic heterocycles. The van der Waals surface area contributed by atoms with Crippen molar-refractivity contribution in [2.75, 3.05) is 30.4 Å². The van der Waals surface area contributed by atoms with Gasteiger partial charge < -0.3 is 15.4 Å². The molecule has 9 nitrogen and oxygen atoms in total. The van der Waals surface area contributed by atoms with Gasteiger partial charge in [0.15, 0.2) is 5.82 Å². The van der Waals surface area contributed by atoms with Crippen molar-refractivity contribution < 1.29 is 31.1 Å². The lowest BCUT2D eigenvalue weighted by Gasteiger charge is -2.26. The lowest BCUT2D eigenvalue weighted by atomic mass is 10.1. The van der Waals surface area contributed by atoms with Crippen LogP contribution in [0.2, 0.25) is 0 Å². The third kappa shape index (κ3) is 5.20. The summed E-state index contributed by atoms with van der Waals surface area (Å²) < 4.78 is 74.7. The number of aromatic nitrogens is 2. The van der Waals surface area contributed by atoms with Crippen LogP contribution in [0.4, 0.5) is 24.7 Å².